The average Bonchev–Trinajstić information content (AvgIpc) is 2.85. The lowest BCUT2D eigenvalue weighted by Crippen LogP contribution is -2.00. The van der Waals surface area contributed by atoms with E-state index in [0.29, 0.717) is 5.95 Å². The van der Waals surface area contributed by atoms with Crippen molar-refractivity contribution >= 4 is 23.5 Å². The number of nitrogen functional groups attached to an aromatic ring is 1. The van der Waals surface area contributed by atoms with Gasteiger partial charge in [-0.3, -0.25) is 0 Å². The summed E-state index contributed by atoms with van der Waals surface area (Å²) in [6.07, 6.45) is 3.68. The molecule has 1 aromatic heterocycles. The molecule has 19 heavy (non-hydrogen) atoms. The van der Waals surface area contributed by atoms with Crippen molar-refractivity contribution in [2.24, 2.45) is 0 Å². The van der Waals surface area contributed by atoms with Gasteiger partial charge in [-0.05, 0) is 42.5 Å². The van der Waals surface area contributed by atoms with Crippen LogP contribution in [0.5, 0.6) is 0 Å². The average molecular weight is 272 g/mol. The van der Waals surface area contributed by atoms with Crippen LogP contribution in [-0.4, -0.2) is 17.0 Å². The molecule has 0 atom stereocenters. The molecule has 0 radical (unpaired) electrons. The third-order valence-electron chi connectivity index (χ3n) is 3.27. The Labute approximate surface area is 116 Å². The number of fused-ring (bicyclic) bond motifs is 1. The predicted octanol–water partition coefficient (Wildman–Crippen LogP) is 2.74. The number of aromatic nitrogens is 2. The van der Waals surface area contributed by atoms with Crippen molar-refractivity contribution in [3.63, 3.8) is 0 Å². The number of rotatable bonds is 3. The lowest BCUT2D eigenvalue weighted by molar-refractivity contribution is 0.911. The number of nitrogens with one attached hydrogen (secondary N) is 1. The van der Waals surface area contributed by atoms with Crippen molar-refractivity contribution in [3.05, 3.63) is 35.4 Å². The number of aryl methyl sites for hydroxylation is 2. The van der Waals surface area contributed by atoms with Crippen molar-refractivity contribution in [1.29, 1.82) is 0 Å². The first-order valence-corrected chi connectivity index (χ1v) is 7.18. The van der Waals surface area contributed by atoms with Gasteiger partial charge in [0.1, 0.15) is 10.8 Å². The van der Waals surface area contributed by atoms with E-state index in [1.165, 1.54) is 35.3 Å². The summed E-state index contributed by atoms with van der Waals surface area (Å²) in [7, 11) is 1.83. The zero-order chi connectivity index (χ0) is 13.2. The lowest BCUT2D eigenvalue weighted by Gasteiger charge is -2.06. The maximum atomic E-state index is 5.70. The molecule has 0 spiro atoms. The summed E-state index contributed by atoms with van der Waals surface area (Å²) in [5.41, 5.74) is 8.66. The van der Waals surface area contributed by atoms with Crippen LogP contribution in [0.4, 0.5) is 11.8 Å². The highest BCUT2D eigenvalue weighted by Gasteiger charge is 2.12. The standard InChI is InChI=1S/C14H16N4S/c1-16-12-8-13(18-14(15)17-12)19-11-6-5-9-3-2-4-10(9)7-11/h5-8H,2-4H2,1H3,(H3,15,16,17,18). The Balaban J connectivity index is 1.86. The van der Waals surface area contributed by atoms with Crippen molar-refractivity contribution in [1.82, 2.24) is 9.97 Å². The fourth-order valence-electron chi connectivity index (χ4n) is 2.36. The molecule has 3 rings (SSSR count). The molecule has 0 amide bonds. The van der Waals surface area contributed by atoms with Gasteiger partial charge in [-0.15, -0.1) is 0 Å². The van der Waals surface area contributed by atoms with Crippen molar-refractivity contribution in [2.45, 2.75) is 29.2 Å². The molecule has 1 aliphatic carbocycles. The van der Waals surface area contributed by atoms with E-state index in [-0.39, 0.29) is 0 Å². The Bertz CT molecular complexity index is 612. The molecule has 0 bridgehead atoms. The monoisotopic (exact) mass is 272 g/mol. The zero-order valence-electron chi connectivity index (χ0n) is 10.8. The highest BCUT2D eigenvalue weighted by atomic mass is 32.2. The molecule has 1 aromatic carbocycles. The molecule has 1 aliphatic rings. The number of anilines is 2. The van der Waals surface area contributed by atoms with Gasteiger partial charge >= 0.3 is 0 Å². The van der Waals surface area contributed by atoms with E-state index >= 15 is 0 Å². The minimum absolute atomic E-state index is 0.301. The Morgan fingerprint density at radius 3 is 2.84 bits per heavy atom. The molecule has 98 valence electrons. The molecule has 2 aromatic rings. The van der Waals surface area contributed by atoms with Gasteiger partial charge in [0.2, 0.25) is 5.95 Å². The number of nitrogens with two attached hydrogens (primary N) is 1. The predicted molar refractivity (Wildman–Crippen MR) is 78.6 cm³/mol. The summed E-state index contributed by atoms with van der Waals surface area (Å²) in [6, 6.07) is 8.57. The molecule has 0 saturated heterocycles. The van der Waals surface area contributed by atoms with Gasteiger partial charge < -0.3 is 11.1 Å². The number of hydrogen-bond acceptors (Lipinski definition) is 5. The van der Waals surface area contributed by atoms with Crippen LogP contribution in [0.1, 0.15) is 17.5 Å². The van der Waals surface area contributed by atoms with E-state index in [0.717, 1.165) is 10.8 Å². The highest BCUT2D eigenvalue weighted by molar-refractivity contribution is 7.99. The summed E-state index contributed by atoms with van der Waals surface area (Å²) in [5, 5.41) is 3.86. The van der Waals surface area contributed by atoms with Crippen molar-refractivity contribution < 1.29 is 0 Å². The van der Waals surface area contributed by atoms with E-state index in [4.69, 9.17) is 5.73 Å². The van der Waals surface area contributed by atoms with Crippen LogP contribution in [0.15, 0.2) is 34.2 Å². The fourth-order valence-corrected chi connectivity index (χ4v) is 3.24. The minimum atomic E-state index is 0.301. The second kappa shape index (κ2) is 5.09. The van der Waals surface area contributed by atoms with Gasteiger partial charge in [-0.1, -0.05) is 17.8 Å². The van der Waals surface area contributed by atoms with Crippen LogP contribution in [0.25, 0.3) is 0 Å². The molecule has 0 saturated carbocycles. The van der Waals surface area contributed by atoms with Crippen LogP contribution >= 0.6 is 11.8 Å². The second-order valence-corrected chi connectivity index (χ2v) is 5.68. The summed E-state index contributed by atoms with van der Waals surface area (Å²) in [4.78, 5) is 9.56. The first-order valence-electron chi connectivity index (χ1n) is 6.36. The van der Waals surface area contributed by atoms with Crippen molar-refractivity contribution in [3.8, 4) is 0 Å². The Morgan fingerprint density at radius 2 is 2.00 bits per heavy atom. The molecule has 0 unspecified atom stereocenters. The first kappa shape index (κ1) is 12.3. The third-order valence-corrected chi connectivity index (χ3v) is 4.18. The summed E-state index contributed by atoms with van der Waals surface area (Å²) < 4.78 is 0. The molecule has 1 heterocycles. The zero-order valence-corrected chi connectivity index (χ0v) is 11.6. The molecule has 4 nitrogen and oxygen atoms in total. The largest absolute Gasteiger partial charge is 0.373 e. The highest BCUT2D eigenvalue weighted by Crippen LogP contribution is 2.32. The Kier molecular flexibility index (Phi) is 3.29. The van der Waals surface area contributed by atoms with E-state index in [9.17, 15) is 0 Å². The lowest BCUT2D eigenvalue weighted by atomic mass is 10.1. The molecule has 3 N–H and O–H groups in total. The van der Waals surface area contributed by atoms with Gasteiger partial charge in [0, 0.05) is 18.0 Å². The van der Waals surface area contributed by atoms with Crippen LogP contribution < -0.4 is 11.1 Å². The number of hydrogen-bond donors (Lipinski definition) is 2. The summed E-state index contributed by atoms with van der Waals surface area (Å²) in [6.45, 7) is 0. The minimum Gasteiger partial charge on any atom is -0.373 e. The van der Waals surface area contributed by atoms with Gasteiger partial charge in [0.05, 0.1) is 0 Å². The van der Waals surface area contributed by atoms with E-state index < -0.39 is 0 Å². The van der Waals surface area contributed by atoms with Crippen LogP contribution in [0, 0.1) is 0 Å². The van der Waals surface area contributed by atoms with E-state index in [1.807, 2.05) is 13.1 Å². The SMILES string of the molecule is CNc1cc(Sc2ccc3c(c2)CCC3)nc(N)n1. The van der Waals surface area contributed by atoms with Gasteiger partial charge in [0.25, 0.3) is 0 Å². The molecular formula is C14H16N4S. The second-order valence-electron chi connectivity index (χ2n) is 4.59. The molecule has 5 heteroatoms. The fraction of sp³-hybridized carbons (Fsp3) is 0.286. The first-order chi connectivity index (χ1) is 9.24. The molecule has 0 aliphatic heterocycles. The smallest absolute Gasteiger partial charge is 0.223 e. The Hall–Kier alpha value is -1.75. The van der Waals surface area contributed by atoms with E-state index in [2.05, 4.69) is 33.5 Å². The van der Waals surface area contributed by atoms with Crippen LogP contribution in [0.2, 0.25) is 0 Å². The maximum absolute atomic E-state index is 5.70. The number of benzene rings is 1. The quantitative estimate of drug-likeness (QED) is 0.841. The van der Waals surface area contributed by atoms with Gasteiger partial charge in [-0.25, -0.2) is 4.98 Å². The molecular weight excluding hydrogens is 256 g/mol. The third kappa shape index (κ3) is 2.66. The van der Waals surface area contributed by atoms with E-state index in [1.54, 1.807) is 11.8 Å². The Morgan fingerprint density at radius 1 is 1.16 bits per heavy atom. The summed E-state index contributed by atoms with van der Waals surface area (Å²) >= 11 is 1.63. The number of nitrogens with zero attached hydrogens (tertiary/aromatic N) is 2. The summed E-state index contributed by atoms with van der Waals surface area (Å²) in [5.74, 6) is 1.05. The van der Waals surface area contributed by atoms with Gasteiger partial charge in [-0.2, -0.15) is 4.98 Å². The topological polar surface area (TPSA) is 63.8 Å². The van der Waals surface area contributed by atoms with Crippen molar-refractivity contribution in [2.75, 3.05) is 18.1 Å². The normalized spacial score (nSPS) is 13.3. The van der Waals surface area contributed by atoms with Crippen LogP contribution in [-0.2, 0) is 12.8 Å². The molecule has 0 fully saturated rings. The van der Waals surface area contributed by atoms with Crippen LogP contribution in [0.3, 0.4) is 0 Å². The maximum Gasteiger partial charge on any atom is 0.223 e. The van der Waals surface area contributed by atoms with Gasteiger partial charge in [0.15, 0.2) is 0 Å².